The third-order valence-corrected chi connectivity index (χ3v) is 4.55. The molecule has 146 valence electrons. The van der Waals surface area contributed by atoms with E-state index in [1.54, 1.807) is 28.3 Å². The fraction of sp³-hybridized carbons (Fsp3) is 0.409. The van der Waals surface area contributed by atoms with Gasteiger partial charge in [0.15, 0.2) is 0 Å². The molecule has 0 bridgehead atoms. The molecule has 0 heterocycles. The van der Waals surface area contributed by atoms with Crippen molar-refractivity contribution in [2.24, 2.45) is 5.92 Å². The Labute approximate surface area is 160 Å². The van der Waals surface area contributed by atoms with E-state index in [4.69, 9.17) is 19.3 Å². The van der Waals surface area contributed by atoms with Gasteiger partial charge in [-0.05, 0) is 61.1 Å². The van der Waals surface area contributed by atoms with Gasteiger partial charge in [0.2, 0.25) is 0 Å². The first kappa shape index (κ1) is 20.6. The summed E-state index contributed by atoms with van der Waals surface area (Å²) in [5, 5.41) is 8.74. The van der Waals surface area contributed by atoms with E-state index in [9.17, 15) is 4.79 Å². The zero-order chi connectivity index (χ0) is 19.8. The van der Waals surface area contributed by atoms with Crippen LogP contribution in [0.5, 0.6) is 17.2 Å². The van der Waals surface area contributed by atoms with Crippen molar-refractivity contribution in [3.05, 3.63) is 53.6 Å². The molecule has 3 rings (SSSR count). The number of benzene rings is 2. The highest BCUT2D eigenvalue weighted by Gasteiger charge is 2.27. The van der Waals surface area contributed by atoms with Gasteiger partial charge in [-0.3, -0.25) is 4.79 Å². The van der Waals surface area contributed by atoms with Crippen LogP contribution in [0.3, 0.4) is 0 Å². The third kappa shape index (κ3) is 6.20. The lowest BCUT2D eigenvalue weighted by atomic mass is 10.0. The van der Waals surface area contributed by atoms with Crippen LogP contribution in [0.2, 0.25) is 0 Å². The van der Waals surface area contributed by atoms with E-state index in [1.165, 1.54) is 18.4 Å². The Bertz CT molecular complexity index is 752. The smallest absolute Gasteiger partial charge is 0.306 e. The Hall–Kier alpha value is -2.69. The molecule has 5 heteroatoms. The summed E-state index contributed by atoms with van der Waals surface area (Å²) in [6, 6.07) is 13.5. The molecule has 0 saturated heterocycles. The molecule has 5 nitrogen and oxygen atoms in total. The summed E-state index contributed by atoms with van der Waals surface area (Å²) in [6.45, 7) is 1.70. The highest BCUT2D eigenvalue weighted by molar-refractivity contribution is 5.69. The van der Waals surface area contributed by atoms with Crippen molar-refractivity contribution in [2.75, 3.05) is 21.3 Å². The Morgan fingerprint density at radius 1 is 1.04 bits per heavy atom. The number of rotatable bonds is 7. The van der Waals surface area contributed by atoms with E-state index in [-0.39, 0.29) is 5.92 Å². The molecule has 1 atom stereocenters. The van der Waals surface area contributed by atoms with E-state index in [0.29, 0.717) is 12.3 Å². The number of methoxy groups -OCH3 is 3. The van der Waals surface area contributed by atoms with Crippen molar-refractivity contribution in [3.63, 3.8) is 0 Å². The van der Waals surface area contributed by atoms with Gasteiger partial charge in [-0.25, -0.2) is 0 Å². The van der Waals surface area contributed by atoms with Crippen LogP contribution in [0.4, 0.5) is 0 Å². The molecule has 0 amide bonds. The molecule has 2 aromatic rings. The predicted molar refractivity (Wildman–Crippen MR) is 105 cm³/mol. The molecular weight excluding hydrogens is 344 g/mol. The number of aliphatic carboxylic acids is 1. The topological polar surface area (TPSA) is 65.0 Å². The first-order valence-corrected chi connectivity index (χ1v) is 9.06. The minimum Gasteiger partial charge on any atom is -0.497 e. The van der Waals surface area contributed by atoms with E-state index in [2.05, 4.69) is 6.07 Å². The first-order chi connectivity index (χ1) is 13.0. The number of carboxylic acids is 1. The second kappa shape index (κ2) is 9.86. The number of carbonyl (C=O) groups is 1. The number of hydrogen-bond acceptors (Lipinski definition) is 4. The standard InChI is InChI=1S/C11H14O3.C11H14O2/c1-8(11(12)13)6-9-4-3-5-10(7-9)14-2;1-12-9-5-6-11(13-2)10(7-9)8-3-4-8/h3-5,7-8H,6H2,1-2H3,(H,12,13);5-8H,3-4H2,1-2H3. The molecule has 1 fully saturated rings. The highest BCUT2D eigenvalue weighted by atomic mass is 16.5. The maximum atomic E-state index is 10.6. The zero-order valence-electron chi connectivity index (χ0n) is 16.4. The molecule has 27 heavy (non-hydrogen) atoms. The van der Waals surface area contributed by atoms with Crippen LogP contribution in [-0.4, -0.2) is 32.4 Å². The van der Waals surface area contributed by atoms with Crippen LogP contribution >= 0.6 is 0 Å². The van der Waals surface area contributed by atoms with Gasteiger partial charge in [-0.2, -0.15) is 0 Å². The molecule has 1 unspecified atom stereocenters. The summed E-state index contributed by atoms with van der Waals surface area (Å²) in [5.74, 6) is 2.24. The monoisotopic (exact) mass is 372 g/mol. The average Bonchev–Trinajstić information content (AvgIpc) is 3.53. The van der Waals surface area contributed by atoms with Crippen LogP contribution in [0.15, 0.2) is 42.5 Å². The lowest BCUT2D eigenvalue weighted by Gasteiger charge is -2.08. The van der Waals surface area contributed by atoms with Crippen molar-refractivity contribution in [3.8, 4) is 17.2 Å². The van der Waals surface area contributed by atoms with Crippen LogP contribution in [0, 0.1) is 5.92 Å². The summed E-state index contributed by atoms with van der Waals surface area (Å²) in [7, 11) is 5.01. The molecule has 1 aliphatic carbocycles. The van der Waals surface area contributed by atoms with Crippen LogP contribution in [0.1, 0.15) is 36.8 Å². The van der Waals surface area contributed by atoms with Crippen LogP contribution in [-0.2, 0) is 11.2 Å². The van der Waals surface area contributed by atoms with Crippen molar-refractivity contribution in [2.45, 2.75) is 32.1 Å². The number of hydrogen-bond donors (Lipinski definition) is 1. The third-order valence-electron chi connectivity index (χ3n) is 4.55. The van der Waals surface area contributed by atoms with Crippen molar-refractivity contribution < 1.29 is 24.1 Å². The summed E-state index contributed by atoms with van der Waals surface area (Å²) < 4.78 is 15.5. The molecule has 1 saturated carbocycles. The number of carboxylic acid groups (broad SMARTS) is 1. The molecule has 2 aromatic carbocycles. The van der Waals surface area contributed by atoms with Crippen molar-refractivity contribution in [1.82, 2.24) is 0 Å². The highest BCUT2D eigenvalue weighted by Crippen LogP contribution is 2.45. The minimum absolute atomic E-state index is 0.359. The Balaban J connectivity index is 0.000000194. The molecule has 0 spiro atoms. The lowest BCUT2D eigenvalue weighted by Crippen LogP contribution is -2.12. The van der Waals surface area contributed by atoms with Gasteiger partial charge >= 0.3 is 5.97 Å². The van der Waals surface area contributed by atoms with E-state index >= 15 is 0 Å². The van der Waals surface area contributed by atoms with Gasteiger partial charge in [-0.15, -0.1) is 0 Å². The summed E-state index contributed by atoms with van der Waals surface area (Å²) in [4.78, 5) is 10.6. The van der Waals surface area contributed by atoms with Gasteiger partial charge in [0.1, 0.15) is 17.2 Å². The van der Waals surface area contributed by atoms with Crippen LogP contribution in [0.25, 0.3) is 0 Å². The summed E-state index contributed by atoms with van der Waals surface area (Å²) in [5.41, 5.74) is 2.28. The lowest BCUT2D eigenvalue weighted by molar-refractivity contribution is -0.141. The first-order valence-electron chi connectivity index (χ1n) is 9.06. The van der Waals surface area contributed by atoms with Gasteiger partial charge in [0, 0.05) is 5.56 Å². The van der Waals surface area contributed by atoms with E-state index < -0.39 is 5.97 Å². The maximum absolute atomic E-state index is 10.6. The molecule has 1 N–H and O–H groups in total. The fourth-order valence-electron chi connectivity index (χ4n) is 2.79. The SMILES string of the molecule is COc1ccc(OC)c(C2CC2)c1.COc1cccc(CC(C)C(=O)O)c1. The molecule has 1 aliphatic rings. The molecular formula is C22H28O5. The van der Waals surface area contributed by atoms with Gasteiger partial charge in [0.05, 0.1) is 27.2 Å². The molecule has 0 aliphatic heterocycles. The second-order valence-corrected chi connectivity index (χ2v) is 6.68. The zero-order valence-corrected chi connectivity index (χ0v) is 16.4. The van der Waals surface area contributed by atoms with E-state index in [0.717, 1.165) is 22.8 Å². The van der Waals surface area contributed by atoms with Crippen molar-refractivity contribution in [1.29, 1.82) is 0 Å². The van der Waals surface area contributed by atoms with E-state index in [1.807, 2.05) is 36.4 Å². The Morgan fingerprint density at radius 3 is 2.26 bits per heavy atom. The minimum atomic E-state index is -0.771. The Kier molecular flexibility index (Phi) is 7.53. The van der Waals surface area contributed by atoms with Crippen LogP contribution < -0.4 is 14.2 Å². The van der Waals surface area contributed by atoms with Gasteiger partial charge in [0.25, 0.3) is 0 Å². The number of ether oxygens (including phenoxy) is 3. The quantitative estimate of drug-likeness (QED) is 0.773. The summed E-state index contributed by atoms with van der Waals surface area (Å²) in [6.07, 6.45) is 3.10. The van der Waals surface area contributed by atoms with Crippen molar-refractivity contribution >= 4 is 5.97 Å². The molecule has 0 aromatic heterocycles. The fourth-order valence-corrected chi connectivity index (χ4v) is 2.79. The maximum Gasteiger partial charge on any atom is 0.306 e. The molecule has 0 radical (unpaired) electrons. The van der Waals surface area contributed by atoms with Gasteiger partial charge in [-0.1, -0.05) is 19.1 Å². The second-order valence-electron chi connectivity index (χ2n) is 6.68. The normalized spacial score (nSPS) is 13.8. The summed E-state index contributed by atoms with van der Waals surface area (Å²) >= 11 is 0. The predicted octanol–water partition coefficient (Wildman–Crippen LogP) is 4.54. The average molecular weight is 372 g/mol. The largest absolute Gasteiger partial charge is 0.497 e. The Morgan fingerprint density at radius 2 is 1.70 bits per heavy atom. The van der Waals surface area contributed by atoms with Gasteiger partial charge < -0.3 is 19.3 Å².